The van der Waals surface area contributed by atoms with Crippen LogP contribution in [-0.4, -0.2) is 39.0 Å². The van der Waals surface area contributed by atoms with Crippen molar-refractivity contribution >= 4 is 11.0 Å². The highest BCUT2D eigenvalue weighted by Crippen LogP contribution is 2.16. The first-order valence-electron chi connectivity index (χ1n) is 6.70. The number of aryl methyl sites for hydroxylation is 1. The van der Waals surface area contributed by atoms with E-state index in [0.717, 1.165) is 29.8 Å². The number of nitrogens with zero attached hydrogens (tertiary/aromatic N) is 2. The summed E-state index contributed by atoms with van der Waals surface area (Å²) in [6.45, 7) is 3.80. The molecule has 2 rings (SSSR count). The van der Waals surface area contributed by atoms with Crippen molar-refractivity contribution in [1.82, 2.24) is 14.9 Å². The Balaban J connectivity index is 2.14. The minimum Gasteiger partial charge on any atom is -0.394 e. The van der Waals surface area contributed by atoms with Gasteiger partial charge in [0.1, 0.15) is 5.82 Å². The minimum absolute atomic E-state index is 0.224. The largest absolute Gasteiger partial charge is 0.394 e. The smallest absolute Gasteiger partial charge is 0.123 e. The lowest BCUT2D eigenvalue weighted by Gasteiger charge is -2.10. The summed E-state index contributed by atoms with van der Waals surface area (Å²) in [5, 5.41) is 21.2. The topological polar surface area (TPSA) is 70.3 Å². The zero-order chi connectivity index (χ0) is 13.7. The van der Waals surface area contributed by atoms with E-state index in [1.54, 1.807) is 0 Å². The van der Waals surface area contributed by atoms with E-state index in [1.165, 1.54) is 0 Å². The highest BCUT2D eigenvalue weighted by molar-refractivity contribution is 5.75. The van der Waals surface area contributed by atoms with Gasteiger partial charge in [-0.1, -0.05) is 19.1 Å². The van der Waals surface area contributed by atoms with Crippen LogP contribution in [0.25, 0.3) is 11.0 Å². The molecule has 104 valence electrons. The van der Waals surface area contributed by atoms with Crippen LogP contribution in [0.15, 0.2) is 24.3 Å². The monoisotopic (exact) mass is 263 g/mol. The van der Waals surface area contributed by atoms with Crippen molar-refractivity contribution in [3.8, 4) is 0 Å². The Kier molecular flexibility index (Phi) is 4.90. The summed E-state index contributed by atoms with van der Waals surface area (Å²) in [5.41, 5.74) is 2.14. The predicted octanol–water partition coefficient (Wildman–Crippen LogP) is 0.889. The molecule has 1 atom stereocenters. The molecule has 0 aliphatic heterocycles. The molecule has 1 unspecified atom stereocenters. The van der Waals surface area contributed by atoms with E-state index in [-0.39, 0.29) is 6.61 Å². The molecule has 5 nitrogen and oxygen atoms in total. The lowest BCUT2D eigenvalue weighted by atomic mass is 10.3. The zero-order valence-corrected chi connectivity index (χ0v) is 11.2. The molecular weight excluding hydrogens is 242 g/mol. The number of nitrogens with one attached hydrogen (secondary N) is 1. The molecule has 5 heteroatoms. The minimum atomic E-state index is -0.719. The van der Waals surface area contributed by atoms with Gasteiger partial charge in [-0.3, -0.25) is 0 Å². The molecule has 0 bridgehead atoms. The van der Waals surface area contributed by atoms with E-state index >= 15 is 0 Å². The number of imidazole rings is 1. The summed E-state index contributed by atoms with van der Waals surface area (Å²) in [6.07, 6.45) is 0.330. The molecule has 0 amide bonds. The average molecular weight is 263 g/mol. The Morgan fingerprint density at radius 3 is 2.89 bits per heavy atom. The van der Waals surface area contributed by atoms with Crippen molar-refractivity contribution < 1.29 is 10.2 Å². The normalized spacial score (nSPS) is 13.0. The Morgan fingerprint density at radius 1 is 1.37 bits per heavy atom. The Labute approximate surface area is 112 Å². The van der Waals surface area contributed by atoms with Gasteiger partial charge in [0.05, 0.1) is 30.3 Å². The molecule has 0 fully saturated rings. The number of benzene rings is 1. The molecule has 0 spiro atoms. The summed E-state index contributed by atoms with van der Waals surface area (Å²) in [6, 6.07) is 8.08. The third-order valence-electron chi connectivity index (χ3n) is 3.05. The Hall–Kier alpha value is -1.43. The number of hydrogen-bond acceptors (Lipinski definition) is 4. The zero-order valence-electron chi connectivity index (χ0n) is 11.2. The molecule has 1 heterocycles. The van der Waals surface area contributed by atoms with Crippen LogP contribution in [0, 0.1) is 0 Å². The lowest BCUT2D eigenvalue weighted by molar-refractivity contribution is 0.0940. The van der Waals surface area contributed by atoms with Gasteiger partial charge in [0, 0.05) is 13.1 Å². The number of hydrogen-bond donors (Lipinski definition) is 3. The number of fused-ring (bicyclic) bond motifs is 1. The van der Waals surface area contributed by atoms with Crippen molar-refractivity contribution in [3.05, 3.63) is 30.1 Å². The summed E-state index contributed by atoms with van der Waals surface area (Å²) < 4.78 is 2.20. The first-order chi connectivity index (χ1) is 9.26. The predicted molar refractivity (Wildman–Crippen MR) is 74.8 cm³/mol. The van der Waals surface area contributed by atoms with E-state index in [0.29, 0.717) is 13.1 Å². The van der Waals surface area contributed by atoms with Gasteiger partial charge < -0.3 is 20.1 Å². The van der Waals surface area contributed by atoms with E-state index < -0.39 is 6.10 Å². The second-order valence-electron chi connectivity index (χ2n) is 4.64. The van der Waals surface area contributed by atoms with Gasteiger partial charge in [-0.15, -0.1) is 0 Å². The fourth-order valence-corrected chi connectivity index (χ4v) is 2.15. The molecule has 0 aliphatic rings. The van der Waals surface area contributed by atoms with Crippen LogP contribution in [0.3, 0.4) is 0 Å². The van der Waals surface area contributed by atoms with Crippen LogP contribution in [0.1, 0.15) is 19.2 Å². The molecule has 0 aliphatic carbocycles. The molecule has 0 saturated carbocycles. The van der Waals surface area contributed by atoms with Gasteiger partial charge in [-0.05, 0) is 18.6 Å². The highest BCUT2D eigenvalue weighted by atomic mass is 16.3. The van der Waals surface area contributed by atoms with Gasteiger partial charge in [-0.2, -0.15) is 0 Å². The van der Waals surface area contributed by atoms with Gasteiger partial charge in [0.25, 0.3) is 0 Å². The summed E-state index contributed by atoms with van der Waals surface area (Å²) in [7, 11) is 0. The van der Waals surface area contributed by atoms with Crippen molar-refractivity contribution in [2.45, 2.75) is 32.5 Å². The van der Waals surface area contributed by atoms with E-state index in [1.807, 2.05) is 18.2 Å². The fourth-order valence-electron chi connectivity index (χ4n) is 2.15. The second kappa shape index (κ2) is 6.65. The average Bonchev–Trinajstić information content (AvgIpc) is 2.77. The number of aliphatic hydroxyl groups excluding tert-OH is 2. The van der Waals surface area contributed by atoms with Crippen LogP contribution in [0.2, 0.25) is 0 Å². The standard InChI is InChI=1S/C14H21N3O2/c1-2-7-17-13-6-4-3-5-12(13)16-14(17)9-15-8-11(19)10-18/h3-6,11,15,18-19H,2,7-10H2,1H3. The van der Waals surface area contributed by atoms with E-state index in [9.17, 15) is 5.11 Å². The molecule has 1 aromatic heterocycles. The molecular formula is C14H21N3O2. The van der Waals surface area contributed by atoms with Crippen LogP contribution < -0.4 is 5.32 Å². The number of aromatic nitrogens is 2. The van der Waals surface area contributed by atoms with Crippen molar-refractivity contribution in [1.29, 1.82) is 0 Å². The summed E-state index contributed by atoms with van der Waals surface area (Å²) in [5.74, 6) is 0.966. The second-order valence-corrected chi connectivity index (χ2v) is 4.64. The Morgan fingerprint density at radius 2 is 2.16 bits per heavy atom. The fraction of sp³-hybridized carbons (Fsp3) is 0.500. The number of para-hydroxylation sites is 2. The molecule has 1 aromatic carbocycles. The van der Waals surface area contributed by atoms with Gasteiger partial charge >= 0.3 is 0 Å². The van der Waals surface area contributed by atoms with E-state index in [2.05, 4.69) is 27.9 Å². The van der Waals surface area contributed by atoms with Crippen LogP contribution >= 0.6 is 0 Å². The maximum Gasteiger partial charge on any atom is 0.123 e. The van der Waals surface area contributed by atoms with Gasteiger partial charge in [0.2, 0.25) is 0 Å². The maximum absolute atomic E-state index is 9.31. The SMILES string of the molecule is CCCn1c(CNCC(O)CO)nc2ccccc21. The third-order valence-corrected chi connectivity index (χ3v) is 3.05. The summed E-state index contributed by atoms with van der Waals surface area (Å²) >= 11 is 0. The quantitative estimate of drug-likeness (QED) is 0.694. The third kappa shape index (κ3) is 3.32. The lowest BCUT2D eigenvalue weighted by Crippen LogP contribution is -2.29. The first kappa shape index (κ1) is 14.0. The van der Waals surface area contributed by atoms with Crippen LogP contribution in [0.4, 0.5) is 0 Å². The first-order valence-corrected chi connectivity index (χ1v) is 6.70. The number of aliphatic hydroxyl groups is 2. The maximum atomic E-state index is 9.31. The van der Waals surface area contributed by atoms with Crippen molar-refractivity contribution in [3.63, 3.8) is 0 Å². The number of rotatable bonds is 7. The van der Waals surface area contributed by atoms with Gasteiger partial charge in [-0.25, -0.2) is 4.98 Å². The molecule has 0 saturated heterocycles. The summed E-state index contributed by atoms with van der Waals surface area (Å²) in [4.78, 5) is 4.61. The molecule has 2 aromatic rings. The van der Waals surface area contributed by atoms with Gasteiger partial charge in [0.15, 0.2) is 0 Å². The molecule has 0 radical (unpaired) electrons. The van der Waals surface area contributed by atoms with Crippen molar-refractivity contribution in [2.75, 3.05) is 13.2 Å². The molecule has 19 heavy (non-hydrogen) atoms. The van der Waals surface area contributed by atoms with Crippen LogP contribution in [0.5, 0.6) is 0 Å². The van der Waals surface area contributed by atoms with Crippen molar-refractivity contribution in [2.24, 2.45) is 0 Å². The highest BCUT2D eigenvalue weighted by Gasteiger charge is 2.09. The Bertz CT molecular complexity index is 524. The van der Waals surface area contributed by atoms with Crippen LogP contribution in [-0.2, 0) is 13.1 Å². The molecule has 3 N–H and O–H groups in total. The van der Waals surface area contributed by atoms with E-state index in [4.69, 9.17) is 5.11 Å².